The van der Waals surface area contributed by atoms with Gasteiger partial charge in [0.2, 0.25) is 0 Å². The maximum absolute atomic E-state index is 11.0. The Labute approximate surface area is 94.5 Å². The molecule has 0 bridgehead atoms. The molecular weight excluding hydrogens is 210 g/mol. The molecule has 0 radical (unpaired) electrons. The van der Waals surface area contributed by atoms with Gasteiger partial charge in [-0.15, -0.1) is 0 Å². The molecule has 0 spiro atoms. The second-order valence-electron chi connectivity index (χ2n) is 3.16. The van der Waals surface area contributed by atoms with Gasteiger partial charge in [-0.25, -0.2) is 4.79 Å². The van der Waals surface area contributed by atoms with Crippen LogP contribution < -0.4 is 0 Å². The van der Waals surface area contributed by atoms with E-state index >= 15 is 0 Å². The molecule has 0 heterocycles. The van der Waals surface area contributed by atoms with Crippen molar-refractivity contribution in [2.75, 3.05) is 6.61 Å². The number of azide groups is 1. The van der Waals surface area contributed by atoms with Gasteiger partial charge in [0.15, 0.2) is 0 Å². The van der Waals surface area contributed by atoms with Gasteiger partial charge in [-0.3, -0.25) is 0 Å². The highest BCUT2D eigenvalue weighted by molar-refractivity contribution is 5.82. The summed E-state index contributed by atoms with van der Waals surface area (Å²) in [6, 6.07) is -0.727. The largest absolute Gasteiger partial charge is 0.463 e. The fourth-order valence-electron chi connectivity index (χ4n) is 1.14. The van der Waals surface area contributed by atoms with Crippen molar-refractivity contribution in [1.82, 2.24) is 0 Å². The third-order valence-corrected chi connectivity index (χ3v) is 1.88. The van der Waals surface area contributed by atoms with E-state index in [1.807, 2.05) is 6.92 Å². The minimum atomic E-state index is -0.772. The molecular formula is C10H17N3O3. The molecule has 0 fully saturated rings. The lowest BCUT2D eigenvalue weighted by Crippen LogP contribution is -2.21. The maximum atomic E-state index is 11.0. The number of aliphatic hydroxyl groups excluding tert-OH is 1. The molecule has 0 aliphatic heterocycles. The fraction of sp³-hybridized carbons (Fsp3) is 0.700. The highest BCUT2D eigenvalue weighted by atomic mass is 16.5. The predicted molar refractivity (Wildman–Crippen MR) is 59.6 cm³/mol. The van der Waals surface area contributed by atoms with Gasteiger partial charge in [0.05, 0.1) is 18.8 Å². The summed E-state index contributed by atoms with van der Waals surface area (Å²) in [4.78, 5) is 13.6. The first kappa shape index (κ1) is 14.5. The number of nitrogens with zero attached hydrogens (tertiary/aromatic N) is 3. The standard InChI is InChI=1S/C10H17N3O3/c1-3-5-9(14)8(12-13-11)6-7-10(15)16-4-2/h6-9,14H,3-5H2,1-2H3/b7-6+/t8-,9+/m0/s1. The van der Waals surface area contributed by atoms with Crippen LogP contribution in [-0.2, 0) is 9.53 Å². The zero-order valence-electron chi connectivity index (χ0n) is 9.54. The van der Waals surface area contributed by atoms with Crippen LogP contribution in [0.15, 0.2) is 17.3 Å². The highest BCUT2D eigenvalue weighted by Crippen LogP contribution is 2.08. The Morgan fingerprint density at radius 1 is 1.62 bits per heavy atom. The lowest BCUT2D eigenvalue weighted by atomic mass is 10.1. The van der Waals surface area contributed by atoms with Crippen LogP contribution in [0.1, 0.15) is 26.7 Å². The average Bonchev–Trinajstić information content (AvgIpc) is 2.24. The molecule has 0 aromatic carbocycles. The molecule has 0 amide bonds. The molecule has 0 aromatic rings. The van der Waals surface area contributed by atoms with Crippen molar-refractivity contribution in [2.24, 2.45) is 5.11 Å². The molecule has 90 valence electrons. The van der Waals surface area contributed by atoms with Crippen LogP contribution in [0.4, 0.5) is 0 Å². The number of rotatable bonds is 7. The summed E-state index contributed by atoms with van der Waals surface area (Å²) >= 11 is 0. The summed E-state index contributed by atoms with van der Waals surface area (Å²) < 4.78 is 4.67. The molecule has 0 saturated carbocycles. The quantitative estimate of drug-likeness (QED) is 0.237. The predicted octanol–water partition coefficient (Wildman–Crippen LogP) is 1.95. The number of carbonyl (C=O) groups is 1. The first-order chi connectivity index (χ1) is 7.65. The monoisotopic (exact) mass is 227 g/mol. The first-order valence-corrected chi connectivity index (χ1v) is 5.22. The number of carbonyl (C=O) groups excluding carboxylic acids is 1. The molecule has 16 heavy (non-hydrogen) atoms. The van der Waals surface area contributed by atoms with Crippen molar-refractivity contribution >= 4 is 5.97 Å². The number of aliphatic hydroxyl groups is 1. The van der Waals surface area contributed by atoms with Crippen molar-refractivity contribution in [3.05, 3.63) is 22.6 Å². The fourth-order valence-corrected chi connectivity index (χ4v) is 1.14. The van der Waals surface area contributed by atoms with Gasteiger partial charge in [0.25, 0.3) is 0 Å². The van der Waals surface area contributed by atoms with Gasteiger partial charge >= 0.3 is 5.97 Å². The summed E-state index contributed by atoms with van der Waals surface area (Å²) in [5.41, 5.74) is 8.32. The van der Waals surface area contributed by atoms with Crippen LogP contribution in [0.3, 0.4) is 0 Å². The van der Waals surface area contributed by atoms with Crippen LogP contribution in [0.5, 0.6) is 0 Å². The van der Waals surface area contributed by atoms with E-state index in [9.17, 15) is 9.90 Å². The van der Waals surface area contributed by atoms with E-state index in [0.29, 0.717) is 6.42 Å². The third-order valence-electron chi connectivity index (χ3n) is 1.88. The van der Waals surface area contributed by atoms with Crippen molar-refractivity contribution in [3.8, 4) is 0 Å². The van der Waals surface area contributed by atoms with Gasteiger partial charge < -0.3 is 9.84 Å². The van der Waals surface area contributed by atoms with Crippen molar-refractivity contribution in [3.63, 3.8) is 0 Å². The van der Waals surface area contributed by atoms with Crippen LogP contribution in [0.25, 0.3) is 10.4 Å². The van der Waals surface area contributed by atoms with Crippen molar-refractivity contribution < 1.29 is 14.6 Å². The average molecular weight is 227 g/mol. The normalized spacial score (nSPS) is 14.2. The second-order valence-corrected chi connectivity index (χ2v) is 3.16. The van der Waals surface area contributed by atoms with Gasteiger partial charge in [0, 0.05) is 11.0 Å². The molecule has 0 aliphatic rings. The van der Waals surface area contributed by atoms with E-state index in [-0.39, 0.29) is 6.61 Å². The zero-order valence-corrected chi connectivity index (χ0v) is 9.54. The van der Waals surface area contributed by atoms with Gasteiger partial charge in [0.1, 0.15) is 0 Å². The molecule has 2 atom stereocenters. The molecule has 6 heteroatoms. The summed E-state index contributed by atoms with van der Waals surface area (Å²) in [5, 5.41) is 13.0. The highest BCUT2D eigenvalue weighted by Gasteiger charge is 2.14. The topological polar surface area (TPSA) is 95.3 Å². The van der Waals surface area contributed by atoms with E-state index in [1.165, 1.54) is 12.2 Å². The summed E-state index contributed by atoms with van der Waals surface area (Å²) in [7, 11) is 0. The molecule has 0 saturated heterocycles. The minimum absolute atomic E-state index is 0.285. The van der Waals surface area contributed by atoms with E-state index < -0.39 is 18.1 Å². The number of hydrogen-bond donors (Lipinski definition) is 1. The van der Waals surface area contributed by atoms with Crippen LogP contribution >= 0.6 is 0 Å². The summed E-state index contributed by atoms with van der Waals surface area (Å²) in [5.74, 6) is -0.510. The zero-order chi connectivity index (χ0) is 12.4. The Balaban J connectivity index is 4.43. The Kier molecular flexibility index (Phi) is 7.93. The lowest BCUT2D eigenvalue weighted by molar-refractivity contribution is -0.137. The van der Waals surface area contributed by atoms with Crippen molar-refractivity contribution in [1.29, 1.82) is 0 Å². The molecule has 0 unspecified atom stereocenters. The van der Waals surface area contributed by atoms with Crippen molar-refractivity contribution in [2.45, 2.75) is 38.8 Å². The minimum Gasteiger partial charge on any atom is -0.463 e. The van der Waals surface area contributed by atoms with Gasteiger partial charge in [-0.1, -0.05) is 24.5 Å². The molecule has 1 N–H and O–H groups in total. The Morgan fingerprint density at radius 2 is 2.31 bits per heavy atom. The van der Waals surface area contributed by atoms with Crippen LogP contribution in [0.2, 0.25) is 0 Å². The van der Waals surface area contributed by atoms with E-state index in [1.54, 1.807) is 6.92 Å². The summed E-state index contributed by atoms with van der Waals surface area (Å²) in [6.45, 7) is 3.89. The Hall–Kier alpha value is -1.52. The molecule has 0 aromatic heterocycles. The lowest BCUT2D eigenvalue weighted by Gasteiger charge is -2.13. The molecule has 6 nitrogen and oxygen atoms in total. The smallest absolute Gasteiger partial charge is 0.330 e. The number of hydrogen-bond acceptors (Lipinski definition) is 4. The van der Waals surface area contributed by atoms with Crippen LogP contribution in [-0.4, -0.2) is 29.8 Å². The summed E-state index contributed by atoms with van der Waals surface area (Å²) in [6.07, 6.45) is 3.04. The van der Waals surface area contributed by atoms with E-state index in [2.05, 4.69) is 14.8 Å². The molecule has 0 aliphatic carbocycles. The van der Waals surface area contributed by atoms with E-state index in [4.69, 9.17) is 5.53 Å². The first-order valence-electron chi connectivity index (χ1n) is 5.22. The van der Waals surface area contributed by atoms with Gasteiger partial charge in [-0.05, 0) is 18.9 Å². The SMILES string of the molecule is CCC[C@@H](O)[C@H](/C=C/C(=O)OCC)N=[N+]=[N-]. The maximum Gasteiger partial charge on any atom is 0.330 e. The Morgan fingerprint density at radius 3 is 2.81 bits per heavy atom. The van der Waals surface area contributed by atoms with E-state index in [0.717, 1.165) is 6.42 Å². The Bertz CT molecular complexity index is 285. The van der Waals surface area contributed by atoms with Crippen LogP contribution in [0, 0.1) is 0 Å². The van der Waals surface area contributed by atoms with Gasteiger partial charge in [-0.2, -0.15) is 0 Å². The number of esters is 1. The second kappa shape index (κ2) is 8.76. The third kappa shape index (κ3) is 6.06. The number of ether oxygens (including phenoxy) is 1. The molecule has 0 rings (SSSR count).